The quantitative estimate of drug-likeness (QED) is 0.817. The third kappa shape index (κ3) is 3.01. The largest absolute Gasteiger partial charge is 0.359 e. The van der Waals surface area contributed by atoms with Crippen LogP contribution < -0.4 is 10.6 Å². The lowest BCUT2D eigenvalue weighted by molar-refractivity contribution is -0.00692. The summed E-state index contributed by atoms with van der Waals surface area (Å²) in [4.78, 5) is 12.3. The first-order valence-electron chi connectivity index (χ1n) is 8.77. The van der Waals surface area contributed by atoms with Crippen LogP contribution in [-0.4, -0.2) is 17.1 Å². The maximum absolute atomic E-state index is 12.3. The van der Waals surface area contributed by atoms with Crippen molar-refractivity contribution in [2.24, 2.45) is 23.7 Å². The van der Waals surface area contributed by atoms with Gasteiger partial charge in [-0.25, -0.2) is 0 Å². The number of amides is 1. The van der Waals surface area contributed by atoms with Crippen LogP contribution in [0.1, 0.15) is 48.0 Å². The highest BCUT2D eigenvalue weighted by atomic mass is 32.1. The molecule has 5 rings (SSSR count). The molecule has 23 heavy (non-hydrogen) atoms. The Bertz CT molecular complexity index is 597. The zero-order chi connectivity index (χ0) is 16.0. The Morgan fingerprint density at radius 3 is 2.13 bits per heavy atom. The Labute approximate surface area is 143 Å². The molecule has 0 unspecified atom stereocenters. The minimum atomic E-state index is -0.119. The minimum Gasteiger partial charge on any atom is -0.359 e. The lowest BCUT2D eigenvalue weighted by Gasteiger charge is -2.54. The van der Waals surface area contributed by atoms with Gasteiger partial charge >= 0.3 is 0 Å². The van der Waals surface area contributed by atoms with E-state index >= 15 is 0 Å². The Morgan fingerprint density at radius 2 is 1.57 bits per heavy atom. The van der Waals surface area contributed by atoms with E-state index in [1.54, 1.807) is 0 Å². The Kier molecular flexibility index (Phi) is 3.88. The van der Waals surface area contributed by atoms with E-state index in [0.717, 1.165) is 29.2 Å². The van der Waals surface area contributed by atoms with Crippen LogP contribution in [0.25, 0.3) is 0 Å². The van der Waals surface area contributed by atoms with Gasteiger partial charge in [-0.2, -0.15) is 0 Å². The van der Waals surface area contributed by atoms with Crippen molar-refractivity contribution in [3.8, 4) is 0 Å². The van der Waals surface area contributed by atoms with Gasteiger partial charge in [0, 0.05) is 11.6 Å². The van der Waals surface area contributed by atoms with Crippen molar-refractivity contribution in [2.75, 3.05) is 0 Å². The molecule has 1 amide bonds. The number of hydrogen-bond donors (Lipinski definition) is 2. The van der Waals surface area contributed by atoms with Crippen molar-refractivity contribution >= 4 is 23.2 Å². The predicted octanol–water partition coefficient (Wildman–Crippen LogP) is 3.42. The monoisotopic (exact) mass is 328 g/mol. The maximum atomic E-state index is 12.3. The van der Waals surface area contributed by atoms with Gasteiger partial charge in [-0.1, -0.05) is 17.7 Å². The SMILES string of the molecule is Cc1ccc(C(=O)NC(=S)NC2C3CC4CC(C3)CC2C4)cc1. The number of hydrogen-bond acceptors (Lipinski definition) is 2. The molecule has 1 aromatic rings. The zero-order valence-corrected chi connectivity index (χ0v) is 14.4. The van der Waals surface area contributed by atoms with Crippen LogP contribution in [0.2, 0.25) is 0 Å². The molecule has 0 aliphatic heterocycles. The number of thiocarbonyl (C=S) groups is 1. The summed E-state index contributed by atoms with van der Waals surface area (Å²) in [5, 5.41) is 6.82. The molecule has 4 saturated carbocycles. The van der Waals surface area contributed by atoms with Crippen molar-refractivity contribution in [3.05, 3.63) is 35.4 Å². The van der Waals surface area contributed by atoms with Gasteiger partial charge < -0.3 is 5.32 Å². The van der Waals surface area contributed by atoms with Crippen LogP contribution >= 0.6 is 12.2 Å². The molecule has 0 atom stereocenters. The van der Waals surface area contributed by atoms with E-state index in [1.165, 1.54) is 32.1 Å². The van der Waals surface area contributed by atoms with Crippen LogP contribution in [0.5, 0.6) is 0 Å². The fourth-order valence-corrected chi connectivity index (χ4v) is 5.46. The van der Waals surface area contributed by atoms with Crippen LogP contribution in [0.3, 0.4) is 0 Å². The number of aryl methyl sites for hydroxylation is 1. The average molecular weight is 328 g/mol. The van der Waals surface area contributed by atoms with E-state index in [0.29, 0.717) is 16.7 Å². The zero-order valence-electron chi connectivity index (χ0n) is 13.5. The number of carbonyl (C=O) groups is 1. The van der Waals surface area contributed by atoms with Gasteiger partial charge in [-0.05, 0) is 87.1 Å². The molecule has 122 valence electrons. The van der Waals surface area contributed by atoms with E-state index in [2.05, 4.69) is 10.6 Å². The van der Waals surface area contributed by atoms with Crippen molar-refractivity contribution in [3.63, 3.8) is 0 Å². The Balaban J connectivity index is 1.37. The number of nitrogens with one attached hydrogen (secondary N) is 2. The second-order valence-electron chi connectivity index (χ2n) is 7.75. The molecule has 1 aromatic carbocycles. The molecule has 2 N–H and O–H groups in total. The van der Waals surface area contributed by atoms with E-state index in [9.17, 15) is 4.79 Å². The molecule has 0 radical (unpaired) electrons. The van der Waals surface area contributed by atoms with E-state index in [1.807, 2.05) is 31.2 Å². The molecular formula is C19H24N2OS. The van der Waals surface area contributed by atoms with Gasteiger partial charge in [0.05, 0.1) is 0 Å². The van der Waals surface area contributed by atoms with Crippen LogP contribution in [-0.2, 0) is 0 Å². The molecule has 4 aliphatic rings. The highest BCUT2D eigenvalue weighted by molar-refractivity contribution is 7.80. The second kappa shape index (κ2) is 5.90. The second-order valence-corrected chi connectivity index (χ2v) is 8.16. The smallest absolute Gasteiger partial charge is 0.257 e. The molecule has 0 heterocycles. The summed E-state index contributed by atoms with van der Waals surface area (Å²) in [5.41, 5.74) is 1.81. The highest BCUT2D eigenvalue weighted by Gasteiger charge is 2.48. The fourth-order valence-electron chi connectivity index (χ4n) is 5.23. The predicted molar refractivity (Wildman–Crippen MR) is 95.2 cm³/mol. The highest BCUT2D eigenvalue weighted by Crippen LogP contribution is 2.53. The number of carbonyl (C=O) groups excluding carboxylic acids is 1. The molecule has 0 spiro atoms. The first kappa shape index (κ1) is 15.1. The summed E-state index contributed by atoms with van der Waals surface area (Å²) in [5.74, 6) is 3.28. The van der Waals surface area contributed by atoms with Gasteiger partial charge in [0.25, 0.3) is 5.91 Å². The minimum absolute atomic E-state index is 0.119. The molecule has 0 saturated heterocycles. The Morgan fingerprint density at radius 1 is 1.00 bits per heavy atom. The van der Waals surface area contributed by atoms with Gasteiger partial charge in [0.15, 0.2) is 5.11 Å². The summed E-state index contributed by atoms with van der Waals surface area (Å²) < 4.78 is 0. The van der Waals surface area contributed by atoms with Crippen LogP contribution in [0.4, 0.5) is 0 Å². The van der Waals surface area contributed by atoms with Gasteiger partial charge in [0.1, 0.15) is 0 Å². The fraction of sp³-hybridized carbons (Fsp3) is 0.579. The maximum Gasteiger partial charge on any atom is 0.257 e. The summed E-state index contributed by atoms with van der Waals surface area (Å²) in [7, 11) is 0. The van der Waals surface area contributed by atoms with Crippen molar-refractivity contribution in [1.29, 1.82) is 0 Å². The third-order valence-corrected chi connectivity index (χ3v) is 6.29. The van der Waals surface area contributed by atoms with Crippen LogP contribution in [0.15, 0.2) is 24.3 Å². The van der Waals surface area contributed by atoms with Crippen molar-refractivity contribution < 1.29 is 4.79 Å². The molecule has 4 bridgehead atoms. The third-order valence-electron chi connectivity index (χ3n) is 6.07. The molecule has 3 nitrogen and oxygen atoms in total. The van der Waals surface area contributed by atoms with Gasteiger partial charge in [-0.3, -0.25) is 10.1 Å². The lowest BCUT2D eigenvalue weighted by atomic mass is 9.54. The van der Waals surface area contributed by atoms with Gasteiger partial charge in [-0.15, -0.1) is 0 Å². The van der Waals surface area contributed by atoms with Crippen molar-refractivity contribution in [2.45, 2.75) is 45.1 Å². The summed E-state index contributed by atoms with van der Waals surface area (Å²) in [6.45, 7) is 2.01. The van der Waals surface area contributed by atoms with Gasteiger partial charge in [0.2, 0.25) is 0 Å². The molecule has 4 fully saturated rings. The number of benzene rings is 1. The summed E-state index contributed by atoms with van der Waals surface area (Å²) in [6, 6.07) is 8.05. The molecule has 0 aromatic heterocycles. The molecule has 4 aliphatic carbocycles. The molecule has 4 heteroatoms. The topological polar surface area (TPSA) is 41.1 Å². The lowest BCUT2D eigenvalue weighted by Crippen LogP contribution is -2.57. The van der Waals surface area contributed by atoms with E-state index in [4.69, 9.17) is 12.2 Å². The molecular weight excluding hydrogens is 304 g/mol. The number of rotatable bonds is 2. The van der Waals surface area contributed by atoms with E-state index in [-0.39, 0.29) is 5.91 Å². The van der Waals surface area contributed by atoms with Crippen LogP contribution in [0, 0.1) is 30.6 Å². The Hall–Kier alpha value is -1.42. The summed E-state index contributed by atoms with van der Waals surface area (Å²) >= 11 is 5.41. The first-order valence-corrected chi connectivity index (χ1v) is 9.18. The average Bonchev–Trinajstić information content (AvgIpc) is 2.50. The first-order chi connectivity index (χ1) is 11.1. The van der Waals surface area contributed by atoms with E-state index < -0.39 is 0 Å². The normalized spacial score (nSPS) is 34.2. The van der Waals surface area contributed by atoms with Crippen molar-refractivity contribution in [1.82, 2.24) is 10.6 Å². The standard InChI is InChI=1S/C19H24N2OS/c1-11-2-4-14(5-3-11)18(22)21-19(23)20-17-15-7-12-6-13(9-15)10-16(17)8-12/h2-5,12-13,15-17H,6-10H2,1H3,(H2,20,21,22,23). The summed E-state index contributed by atoms with van der Waals surface area (Å²) in [6.07, 6.45) is 6.84.